The van der Waals surface area contributed by atoms with Gasteiger partial charge in [-0.15, -0.1) is 0 Å². The second kappa shape index (κ2) is 8.71. The molecule has 2 aliphatic rings. The summed E-state index contributed by atoms with van der Waals surface area (Å²) in [4.78, 5) is 22.2. The van der Waals surface area contributed by atoms with Crippen LogP contribution in [0, 0.1) is 17.8 Å². The molecule has 172 valence electrons. The topological polar surface area (TPSA) is 56.5 Å². The van der Waals surface area contributed by atoms with Crippen molar-refractivity contribution in [3.8, 4) is 17.1 Å². The molecule has 0 saturated heterocycles. The SMILES string of the molecule is CC(=O)Oc1c(CC2CC3CCC2C3)nc2c(Cc3ccccc3)nc(-c3ccccc3)cn12. The van der Waals surface area contributed by atoms with Gasteiger partial charge in [0, 0.05) is 25.1 Å². The Bertz CT molecular complexity index is 1330. The highest BCUT2D eigenvalue weighted by atomic mass is 16.5. The average molecular weight is 452 g/mol. The molecule has 5 heteroatoms. The number of hydrogen-bond donors (Lipinski definition) is 0. The molecule has 0 amide bonds. The minimum atomic E-state index is -0.321. The lowest BCUT2D eigenvalue weighted by atomic mass is 9.85. The van der Waals surface area contributed by atoms with E-state index in [1.807, 2.05) is 47.0 Å². The molecule has 2 heterocycles. The maximum atomic E-state index is 12.1. The van der Waals surface area contributed by atoms with Crippen molar-refractivity contribution in [1.29, 1.82) is 0 Å². The monoisotopic (exact) mass is 451 g/mol. The van der Waals surface area contributed by atoms with Gasteiger partial charge in [0.2, 0.25) is 5.88 Å². The van der Waals surface area contributed by atoms with Gasteiger partial charge in [-0.3, -0.25) is 9.20 Å². The Kier molecular flexibility index (Phi) is 5.40. The molecular formula is C29H29N3O2. The minimum absolute atomic E-state index is 0.321. The van der Waals surface area contributed by atoms with Crippen LogP contribution in [-0.4, -0.2) is 20.3 Å². The molecule has 4 aromatic rings. The Morgan fingerprint density at radius 3 is 2.41 bits per heavy atom. The second-order valence-corrected chi connectivity index (χ2v) is 9.89. The fourth-order valence-corrected chi connectivity index (χ4v) is 6.04. The molecule has 2 fully saturated rings. The van der Waals surface area contributed by atoms with Crippen molar-refractivity contribution in [3.63, 3.8) is 0 Å². The minimum Gasteiger partial charge on any atom is -0.407 e. The van der Waals surface area contributed by atoms with Crippen molar-refractivity contribution in [1.82, 2.24) is 14.4 Å². The summed E-state index contributed by atoms with van der Waals surface area (Å²) in [6.07, 6.45) is 8.79. The number of carbonyl (C=O) groups is 1. The van der Waals surface area contributed by atoms with E-state index < -0.39 is 0 Å². The highest BCUT2D eigenvalue weighted by Crippen LogP contribution is 2.49. The molecule has 3 unspecified atom stereocenters. The van der Waals surface area contributed by atoms with Gasteiger partial charge in [-0.05, 0) is 49.0 Å². The summed E-state index contributed by atoms with van der Waals surface area (Å²) in [6, 6.07) is 20.5. The van der Waals surface area contributed by atoms with Crippen LogP contribution in [0.3, 0.4) is 0 Å². The molecule has 0 aliphatic heterocycles. The van der Waals surface area contributed by atoms with Crippen molar-refractivity contribution in [2.45, 2.75) is 45.4 Å². The fraction of sp³-hybridized carbons (Fsp3) is 0.345. The van der Waals surface area contributed by atoms with E-state index in [-0.39, 0.29) is 5.97 Å². The van der Waals surface area contributed by atoms with E-state index in [0.29, 0.717) is 18.2 Å². The van der Waals surface area contributed by atoms with Crippen LogP contribution in [0.1, 0.15) is 49.6 Å². The Labute approximate surface area is 199 Å². The highest BCUT2D eigenvalue weighted by Gasteiger charge is 2.40. The van der Waals surface area contributed by atoms with Crippen LogP contribution in [0.5, 0.6) is 5.88 Å². The molecule has 2 aromatic heterocycles. The van der Waals surface area contributed by atoms with Crippen LogP contribution >= 0.6 is 0 Å². The zero-order valence-corrected chi connectivity index (χ0v) is 19.5. The number of benzene rings is 2. The van der Waals surface area contributed by atoms with E-state index in [9.17, 15) is 4.79 Å². The van der Waals surface area contributed by atoms with Crippen molar-refractivity contribution >= 4 is 11.6 Å². The number of rotatable bonds is 6. The lowest BCUT2D eigenvalue weighted by Crippen LogP contribution is -2.14. The maximum absolute atomic E-state index is 12.1. The van der Waals surface area contributed by atoms with Crippen LogP contribution in [0.25, 0.3) is 16.9 Å². The molecule has 2 aromatic carbocycles. The molecule has 6 rings (SSSR count). The summed E-state index contributed by atoms with van der Waals surface area (Å²) < 4.78 is 7.77. The lowest BCUT2D eigenvalue weighted by molar-refractivity contribution is -0.132. The normalized spacial score (nSPS) is 21.3. The Morgan fingerprint density at radius 1 is 0.971 bits per heavy atom. The van der Waals surface area contributed by atoms with Gasteiger partial charge >= 0.3 is 5.97 Å². The van der Waals surface area contributed by atoms with Gasteiger partial charge in [-0.1, -0.05) is 67.1 Å². The quantitative estimate of drug-likeness (QED) is 0.343. The first-order chi connectivity index (χ1) is 16.6. The van der Waals surface area contributed by atoms with Gasteiger partial charge in [0.25, 0.3) is 0 Å². The average Bonchev–Trinajstić information content (AvgIpc) is 3.56. The Hall–Kier alpha value is -3.47. The lowest BCUT2D eigenvalue weighted by Gasteiger charge is -2.20. The number of aromatic nitrogens is 3. The van der Waals surface area contributed by atoms with Crippen LogP contribution < -0.4 is 4.74 Å². The van der Waals surface area contributed by atoms with Crippen LogP contribution in [-0.2, 0) is 17.6 Å². The molecule has 2 saturated carbocycles. The first kappa shape index (κ1) is 21.1. The van der Waals surface area contributed by atoms with Gasteiger partial charge in [-0.25, -0.2) is 9.97 Å². The summed E-state index contributed by atoms with van der Waals surface area (Å²) in [5.41, 5.74) is 5.59. The Morgan fingerprint density at radius 2 is 1.74 bits per heavy atom. The summed E-state index contributed by atoms with van der Waals surface area (Å²) in [6.45, 7) is 1.46. The molecule has 2 aliphatic carbocycles. The third-order valence-electron chi connectivity index (χ3n) is 7.56. The molecule has 5 nitrogen and oxygen atoms in total. The third kappa shape index (κ3) is 4.00. The molecular weight excluding hydrogens is 422 g/mol. The summed E-state index contributed by atoms with van der Waals surface area (Å²) in [7, 11) is 0. The summed E-state index contributed by atoms with van der Waals surface area (Å²) in [5, 5.41) is 0. The first-order valence-electron chi connectivity index (χ1n) is 12.3. The van der Waals surface area contributed by atoms with Crippen molar-refractivity contribution in [2.24, 2.45) is 17.8 Å². The van der Waals surface area contributed by atoms with Crippen molar-refractivity contribution in [2.75, 3.05) is 0 Å². The van der Waals surface area contributed by atoms with E-state index in [1.54, 1.807) is 0 Å². The summed E-state index contributed by atoms with van der Waals surface area (Å²) in [5.74, 6) is 2.50. The smallest absolute Gasteiger partial charge is 0.309 e. The van der Waals surface area contributed by atoms with Crippen LogP contribution in [0.2, 0.25) is 0 Å². The molecule has 2 bridgehead atoms. The zero-order valence-electron chi connectivity index (χ0n) is 19.5. The van der Waals surface area contributed by atoms with E-state index >= 15 is 0 Å². The molecule has 34 heavy (non-hydrogen) atoms. The number of ether oxygens (including phenoxy) is 1. The maximum Gasteiger partial charge on any atom is 0.309 e. The van der Waals surface area contributed by atoms with Crippen LogP contribution in [0.15, 0.2) is 66.9 Å². The van der Waals surface area contributed by atoms with Gasteiger partial charge in [0.15, 0.2) is 5.65 Å². The number of nitrogens with zero attached hydrogens (tertiary/aromatic N) is 3. The van der Waals surface area contributed by atoms with Gasteiger partial charge in [-0.2, -0.15) is 0 Å². The zero-order chi connectivity index (χ0) is 23.1. The first-order valence-corrected chi connectivity index (χ1v) is 12.3. The highest BCUT2D eigenvalue weighted by molar-refractivity contribution is 5.70. The third-order valence-corrected chi connectivity index (χ3v) is 7.56. The molecule has 0 radical (unpaired) electrons. The van der Waals surface area contributed by atoms with Gasteiger partial charge < -0.3 is 4.74 Å². The van der Waals surface area contributed by atoms with Gasteiger partial charge in [0.05, 0.1) is 11.4 Å². The van der Waals surface area contributed by atoms with Gasteiger partial charge in [0.1, 0.15) is 5.69 Å². The summed E-state index contributed by atoms with van der Waals surface area (Å²) >= 11 is 0. The Balaban J connectivity index is 1.49. The molecule has 0 N–H and O–H groups in total. The number of fused-ring (bicyclic) bond motifs is 3. The fourth-order valence-electron chi connectivity index (χ4n) is 6.04. The number of hydrogen-bond acceptors (Lipinski definition) is 4. The van der Waals surface area contributed by atoms with E-state index in [1.165, 1.54) is 38.2 Å². The van der Waals surface area contributed by atoms with E-state index in [2.05, 4.69) is 24.3 Å². The predicted octanol–water partition coefficient (Wildman–Crippen LogP) is 5.89. The van der Waals surface area contributed by atoms with E-state index in [0.717, 1.165) is 46.5 Å². The predicted molar refractivity (Wildman–Crippen MR) is 132 cm³/mol. The number of imidazole rings is 1. The molecule has 3 atom stereocenters. The molecule has 0 spiro atoms. The largest absolute Gasteiger partial charge is 0.407 e. The van der Waals surface area contributed by atoms with Crippen LogP contribution in [0.4, 0.5) is 0 Å². The van der Waals surface area contributed by atoms with Crippen molar-refractivity contribution in [3.05, 3.63) is 83.8 Å². The standard InChI is InChI=1S/C29H29N3O2/c1-19(33)34-29-26(17-24-15-21-12-13-23(24)14-21)31-28-25(16-20-8-4-2-5-9-20)30-27(18-32(28)29)22-10-6-3-7-11-22/h2-11,18,21,23-24H,12-17H2,1H3. The van der Waals surface area contributed by atoms with E-state index in [4.69, 9.17) is 14.7 Å². The van der Waals surface area contributed by atoms with Crippen molar-refractivity contribution < 1.29 is 9.53 Å². The second-order valence-electron chi connectivity index (χ2n) is 9.89. The number of carbonyl (C=O) groups excluding carboxylic acids is 1. The number of esters is 1.